The molecule has 0 saturated heterocycles. The summed E-state index contributed by atoms with van der Waals surface area (Å²) >= 11 is 6.06. The Labute approximate surface area is 174 Å². The maximum absolute atomic E-state index is 12.6. The van der Waals surface area contributed by atoms with Gasteiger partial charge in [-0.1, -0.05) is 54.1 Å². The molecule has 29 heavy (non-hydrogen) atoms. The van der Waals surface area contributed by atoms with Gasteiger partial charge in [-0.2, -0.15) is 0 Å². The summed E-state index contributed by atoms with van der Waals surface area (Å²) in [5.74, 6) is -0.487. The maximum atomic E-state index is 12.6. The van der Waals surface area contributed by atoms with Crippen molar-refractivity contribution < 1.29 is 17.6 Å². The molecule has 0 fully saturated rings. The molecule has 1 heterocycles. The van der Waals surface area contributed by atoms with Crippen LogP contribution in [-0.2, 0) is 27.8 Å². The van der Waals surface area contributed by atoms with Crippen LogP contribution in [0.2, 0.25) is 5.02 Å². The molecular weight excluding hydrogens is 410 g/mol. The minimum atomic E-state index is -3.49. The Morgan fingerprint density at radius 3 is 2.62 bits per heavy atom. The lowest BCUT2D eigenvalue weighted by atomic mass is 10.1. The molecule has 150 valence electrons. The Morgan fingerprint density at radius 1 is 1.03 bits per heavy atom. The van der Waals surface area contributed by atoms with Crippen LogP contribution in [-0.4, -0.2) is 14.3 Å². The van der Waals surface area contributed by atoms with Crippen LogP contribution < -0.4 is 5.32 Å². The standard InChI is InChI=1S/C22H20ClNO4S/c23-19-8-4-2-6-16(19)13-29(26,27)14-17-10-12-21(28-17)22(25)24-20-11-9-15-5-1-3-7-18(15)20/h1-8,10,12,20H,9,11,13-14H2,(H,24,25). The van der Waals surface area contributed by atoms with Gasteiger partial charge in [-0.15, -0.1) is 0 Å². The summed E-state index contributed by atoms with van der Waals surface area (Å²) in [6.07, 6.45) is 1.76. The first kappa shape index (κ1) is 19.7. The first-order valence-electron chi connectivity index (χ1n) is 9.32. The molecule has 0 saturated carbocycles. The predicted molar refractivity (Wildman–Crippen MR) is 111 cm³/mol. The Kier molecular flexibility index (Phi) is 5.48. The SMILES string of the molecule is O=C(NC1CCc2ccccc21)c1ccc(CS(=O)(=O)Cc2ccccc2Cl)o1. The summed E-state index contributed by atoms with van der Waals surface area (Å²) in [6, 6.07) is 17.8. The Hall–Kier alpha value is -2.57. The second-order valence-electron chi connectivity index (χ2n) is 7.15. The van der Waals surface area contributed by atoms with E-state index in [1.54, 1.807) is 24.3 Å². The van der Waals surface area contributed by atoms with Crippen LogP contribution in [0.25, 0.3) is 0 Å². The van der Waals surface area contributed by atoms with Crippen molar-refractivity contribution in [2.24, 2.45) is 0 Å². The van der Waals surface area contributed by atoms with Gasteiger partial charge in [0.25, 0.3) is 5.91 Å². The number of benzene rings is 2. The topological polar surface area (TPSA) is 76.4 Å². The molecule has 1 aliphatic rings. The van der Waals surface area contributed by atoms with Crippen molar-refractivity contribution in [3.63, 3.8) is 0 Å². The number of rotatable bonds is 6. The van der Waals surface area contributed by atoms with E-state index in [0.29, 0.717) is 10.6 Å². The number of hydrogen-bond acceptors (Lipinski definition) is 4. The number of nitrogens with one attached hydrogen (secondary N) is 1. The third kappa shape index (κ3) is 4.54. The number of halogens is 1. The largest absolute Gasteiger partial charge is 0.455 e. The van der Waals surface area contributed by atoms with Crippen LogP contribution in [0.3, 0.4) is 0 Å². The highest BCUT2D eigenvalue weighted by molar-refractivity contribution is 7.89. The van der Waals surface area contributed by atoms with Gasteiger partial charge < -0.3 is 9.73 Å². The number of aryl methyl sites for hydroxylation is 1. The van der Waals surface area contributed by atoms with E-state index in [2.05, 4.69) is 11.4 Å². The molecule has 1 atom stereocenters. The number of carbonyl (C=O) groups excluding carboxylic acids is 1. The molecule has 0 radical (unpaired) electrons. The number of hydrogen-bond donors (Lipinski definition) is 1. The third-order valence-corrected chi connectivity index (χ3v) is 6.86. The van der Waals surface area contributed by atoms with Crippen molar-refractivity contribution in [3.05, 3.63) is 93.9 Å². The highest BCUT2D eigenvalue weighted by Crippen LogP contribution is 2.31. The Bertz CT molecular complexity index is 1150. The van der Waals surface area contributed by atoms with Crippen molar-refractivity contribution in [2.75, 3.05) is 0 Å². The molecule has 1 aliphatic carbocycles. The van der Waals surface area contributed by atoms with Gasteiger partial charge in [-0.3, -0.25) is 4.79 Å². The second kappa shape index (κ2) is 8.05. The van der Waals surface area contributed by atoms with Gasteiger partial charge in [0.1, 0.15) is 11.5 Å². The van der Waals surface area contributed by atoms with E-state index in [0.717, 1.165) is 18.4 Å². The molecule has 1 amide bonds. The molecule has 1 unspecified atom stereocenters. The number of furan rings is 1. The van der Waals surface area contributed by atoms with E-state index in [9.17, 15) is 13.2 Å². The summed E-state index contributed by atoms with van der Waals surface area (Å²) in [5.41, 5.74) is 2.90. The van der Waals surface area contributed by atoms with Crippen LogP contribution in [0, 0.1) is 0 Å². The quantitative estimate of drug-likeness (QED) is 0.627. The van der Waals surface area contributed by atoms with Gasteiger partial charge in [-0.05, 0) is 47.7 Å². The zero-order chi connectivity index (χ0) is 20.4. The summed E-state index contributed by atoms with van der Waals surface area (Å²) in [7, 11) is -3.49. The van der Waals surface area contributed by atoms with Gasteiger partial charge >= 0.3 is 0 Å². The summed E-state index contributed by atoms with van der Waals surface area (Å²) < 4.78 is 30.5. The highest BCUT2D eigenvalue weighted by atomic mass is 35.5. The zero-order valence-corrected chi connectivity index (χ0v) is 17.2. The van der Waals surface area contributed by atoms with Crippen molar-refractivity contribution in [2.45, 2.75) is 30.4 Å². The van der Waals surface area contributed by atoms with E-state index in [-0.39, 0.29) is 35.0 Å². The number of carbonyl (C=O) groups is 1. The second-order valence-corrected chi connectivity index (χ2v) is 9.62. The lowest BCUT2D eigenvalue weighted by Crippen LogP contribution is -2.26. The van der Waals surface area contributed by atoms with Crippen LogP contribution in [0.4, 0.5) is 0 Å². The fraction of sp³-hybridized carbons (Fsp3) is 0.227. The van der Waals surface area contributed by atoms with E-state index in [1.807, 2.05) is 18.2 Å². The van der Waals surface area contributed by atoms with Crippen LogP contribution >= 0.6 is 11.6 Å². The molecule has 0 aliphatic heterocycles. The van der Waals surface area contributed by atoms with Gasteiger partial charge in [0.05, 0.1) is 11.8 Å². The average Bonchev–Trinajstić information content (AvgIpc) is 3.31. The Morgan fingerprint density at radius 2 is 1.79 bits per heavy atom. The maximum Gasteiger partial charge on any atom is 0.287 e. The molecule has 5 nitrogen and oxygen atoms in total. The number of sulfone groups is 1. The summed E-state index contributed by atoms with van der Waals surface area (Å²) in [5, 5.41) is 3.38. The average molecular weight is 430 g/mol. The fourth-order valence-electron chi connectivity index (χ4n) is 3.63. The van der Waals surface area contributed by atoms with Crippen molar-refractivity contribution in [3.8, 4) is 0 Å². The van der Waals surface area contributed by atoms with E-state index in [4.69, 9.17) is 16.0 Å². The highest BCUT2D eigenvalue weighted by Gasteiger charge is 2.25. The van der Waals surface area contributed by atoms with Gasteiger partial charge in [0, 0.05) is 5.02 Å². The smallest absolute Gasteiger partial charge is 0.287 e. The molecule has 1 aromatic heterocycles. The van der Waals surface area contributed by atoms with E-state index in [1.165, 1.54) is 17.7 Å². The summed E-state index contributed by atoms with van der Waals surface area (Å²) in [4.78, 5) is 12.6. The molecule has 4 rings (SSSR count). The number of amides is 1. The minimum Gasteiger partial charge on any atom is -0.455 e. The molecule has 3 aromatic rings. The molecule has 2 aromatic carbocycles. The predicted octanol–water partition coefficient (Wildman–Crippen LogP) is 4.47. The van der Waals surface area contributed by atoms with E-state index < -0.39 is 9.84 Å². The minimum absolute atomic E-state index is 0.0591. The van der Waals surface area contributed by atoms with Gasteiger partial charge in [0.2, 0.25) is 0 Å². The molecule has 0 bridgehead atoms. The first-order valence-corrected chi connectivity index (χ1v) is 11.5. The lowest BCUT2D eigenvalue weighted by molar-refractivity contribution is 0.0907. The number of fused-ring (bicyclic) bond motifs is 1. The first-order chi connectivity index (χ1) is 13.9. The Balaban J connectivity index is 1.42. The molecule has 0 spiro atoms. The lowest BCUT2D eigenvalue weighted by Gasteiger charge is -2.12. The van der Waals surface area contributed by atoms with Crippen LogP contribution in [0.15, 0.2) is 65.1 Å². The van der Waals surface area contributed by atoms with Crippen LogP contribution in [0.5, 0.6) is 0 Å². The fourth-order valence-corrected chi connectivity index (χ4v) is 5.33. The molecule has 1 N–H and O–H groups in total. The normalized spacial score (nSPS) is 15.8. The van der Waals surface area contributed by atoms with Gasteiger partial charge in [0.15, 0.2) is 15.6 Å². The monoisotopic (exact) mass is 429 g/mol. The molecule has 7 heteroatoms. The van der Waals surface area contributed by atoms with Crippen molar-refractivity contribution in [1.82, 2.24) is 5.32 Å². The van der Waals surface area contributed by atoms with Crippen molar-refractivity contribution in [1.29, 1.82) is 0 Å². The van der Waals surface area contributed by atoms with Crippen LogP contribution in [0.1, 0.15) is 45.5 Å². The zero-order valence-electron chi connectivity index (χ0n) is 15.6. The van der Waals surface area contributed by atoms with Gasteiger partial charge in [-0.25, -0.2) is 8.42 Å². The van der Waals surface area contributed by atoms with Crippen molar-refractivity contribution >= 4 is 27.3 Å². The van der Waals surface area contributed by atoms with E-state index >= 15 is 0 Å². The molecular formula is C22H20ClNO4S. The summed E-state index contributed by atoms with van der Waals surface area (Å²) in [6.45, 7) is 0. The third-order valence-electron chi connectivity index (χ3n) is 5.02.